The van der Waals surface area contributed by atoms with Crippen molar-refractivity contribution in [1.82, 2.24) is 10.3 Å². The maximum absolute atomic E-state index is 12.6. The van der Waals surface area contributed by atoms with Gasteiger partial charge in [-0.25, -0.2) is 4.98 Å². The Hall–Kier alpha value is -1.30. The van der Waals surface area contributed by atoms with Crippen molar-refractivity contribution >= 4 is 5.82 Å². The molecule has 1 aromatic heterocycles. The Morgan fingerprint density at radius 2 is 2.10 bits per heavy atom. The molecular weight excluding hydrogens is 267 g/mol. The molecule has 0 unspecified atom stereocenters. The van der Waals surface area contributed by atoms with Crippen LogP contribution in [-0.4, -0.2) is 30.3 Å². The highest BCUT2D eigenvalue weighted by molar-refractivity contribution is 5.42. The first kappa shape index (κ1) is 15.1. The van der Waals surface area contributed by atoms with Gasteiger partial charge in [0.25, 0.3) is 0 Å². The largest absolute Gasteiger partial charge is 0.405 e. The molecule has 2 rings (SSSR count). The van der Waals surface area contributed by atoms with E-state index in [1.165, 1.54) is 4.90 Å². The molecule has 0 spiro atoms. The van der Waals surface area contributed by atoms with Crippen LogP contribution in [0.15, 0.2) is 18.2 Å². The van der Waals surface area contributed by atoms with Crippen molar-refractivity contribution in [3.8, 4) is 0 Å². The minimum Gasteiger partial charge on any atom is -0.345 e. The number of nitrogens with zero attached hydrogens (tertiary/aromatic N) is 2. The minimum atomic E-state index is -4.19. The van der Waals surface area contributed by atoms with Gasteiger partial charge in [0.2, 0.25) is 0 Å². The maximum atomic E-state index is 12.6. The fourth-order valence-electron chi connectivity index (χ4n) is 2.10. The van der Waals surface area contributed by atoms with Crippen molar-refractivity contribution in [1.29, 1.82) is 0 Å². The quantitative estimate of drug-likeness (QED) is 0.781. The van der Waals surface area contributed by atoms with Crippen LogP contribution in [0.1, 0.15) is 31.9 Å². The first-order chi connectivity index (χ1) is 9.49. The zero-order chi connectivity index (χ0) is 14.6. The van der Waals surface area contributed by atoms with E-state index in [0.29, 0.717) is 12.4 Å². The lowest BCUT2D eigenvalue weighted by atomic mass is 10.3. The van der Waals surface area contributed by atoms with Gasteiger partial charge in [0, 0.05) is 12.6 Å². The zero-order valence-electron chi connectivity index (χ0n) is 11.6. The van der Waals surface area contributed by atoms with E-state index in [-0.39, 0.29) is 6.04 Å². The van der Waals surface area contributed by atoms with E-state index >= 15 is 0 Å². The summed E-state index contributed by atoms with van der Waals surface area (Å²) in [5, 5.41) is 3.21. The van der Waals surface area contributed by atoms with Crippen molar-refractivity contribution < 1.29 is 13.2 Å². The first-order valence-corrected chi connectivity index (χ1v) is 6.99. The molecule has 0 aromatic carbocycles. The summed E-state index contributed by atoms with van der Waals surface area (Å²) in [6, 6.07) is 5.26. The van der Waals surface area contributed by atoms with Crippen molar-refractivity contribution in [3.63, 3.8) is 0 Å². The smallest absolute Gasteiger partial charge is 0.345 e. The number of aromatic nitrogens is 1. The maximum Gasteiger partial charge on any atom is 0.405 e. The van der Waals surface area contributed by atoms with E-state index < -0.39 is 12.7 Å². The average molecular weight is 287 g/mol. The number of rotatable bonds is 7. The van der Waals surface area contributed by atoms with Gasteiger partial charge >= 0.3 is 6.18 Å². The summed E-state index contributed by atoms with van der Waals surface area (Å²) in [5.41, 5.74) is 0.781. The summed E-state index contributed by atoms with van der Waals surface area (Å²) in [6.45, 7) is 2.61. The molecule has 0 bridgehead atoms. The third-order valence-corrected chi connectivity index (χ3v) is 3.16. The summed E-state index contributed by atoms with van der Waals surface area (Å²) in [6.07, 6.45) is -1.55. The molecule has 0 aliphatic heterocycles. The fraction of sp³-hybridized carbons (Fsp3) is 0.643. The number of pyridine rings is 1. The van der Waals surface area contributed by atoms with Crippen LogP contribution in [0.4, 0.5) is 19.0 Å². The molecule has 0 saturated heterocycles. The Morgan fingerprint density at radius 1 is 1.35 bits per heavy atom. The summed E-state index contributed by atoms with van der Waals surface area (Å²) in [4.78, 5) is 5.73. The second-order valence-electron chi connectivity index (χ2n) is 5.14. The molecule has 6 heteroatoms. The van der Waals surface area contributed by atoms with Gasteiger partial charge in [-0.3, -0.25) is 0 Å². The number of nitrogens with one attached hydrogen (secondary N) is 1. The van der Waals surface area contributed by atoms with Crippen LogP contribution in [0.3, 0.4) is 0 Å². The fourth-order valence-corrected chi connectivity index (χ4v) is 2.10. The van der Waals surface area contributed by atoms with Crippen LogP contribution < -0.4 is 10.2 Å². The summed E-state index contributed by atoms with van der Waals surface area (Å²) in [7, 11) is 0. The summed E-state index contributed by atoms with van der Waals surface area (Å²) >= 11 is 0. The number of alkyl halides is 3. The Morgan fingerprint density at radius 3 is 2.70 bits per heavy atom. The molecule has 0 atom stereocenters. The van der Waals surface area contributed by atoms with Crippen LogP contribution in [-0.2, 0) is 6.54 Å². The van der Waals surface area contributed by atoms with Crippen LogP contribution in [0.2, 0.25) is 0 Å². The van der Waals surface area contributed by atoms with Crippen LogP contribution in [0.25, 0.3) is 0 Å². The van der Waals surface area contributed by atoms with Crippen LogP contribution >= 0.6 is 0 Å². The molecule has 1 N–H and O–H groups in total. The van der Waals surface area contributed by atoms with Gasteiger partial charge in [-0.2, -0.15) is 13.2 Å². The second-order valence-corrected chi connectivity index (χ2v) is 5.14. The third-order valence-electron chi connectivity index (χ3n) is 3.16. The Bertz CT molecular complexity index is 430. The molecule has 1 fully saturated rings. The molecule has 3 nitrogen and oxygen atoms in total. The van der Waals surface area contributed by atoms with E-state index in [1.54, 1.807) is 12.1 Å². The van der Waals surface area contributed by atoms with Gasteiger partial charge in [0.1, 0.15) is 12.4 Å². The highest BCUT2D eigenvalue weighted by Crippen LogP contribution is 2.33. The van der Waals surface area contributed by atoms with Gasteiger partial charge in [-0.15, -0.1) is 0 Å². The van der Waals surface area contributed by atoms with E-state index in [2.05, 4.69) is 17.2 Å². The van der Waals surface area contributed by atoms with Gasteiger partial charge in [-0.1, -0.05) is 13.0 Å². The van der Waals surface area contributed by atoms with Gasteiger partial charge in [0.15, 0.2) is 0 Å². The molecule has 1 heterocycles. The molecule has 112 valence electrons. The number of anilines is 1. The van der Waals surface area contributed by atoms with E-state index in [1.807, 2.05) is 6.07 Å². The van der Waals surface area contributed by atoms with Crippen molar-refractivity contribution in [2.45, 2.75) is 44.9 Å². The summed E-state index contributed by atoms with van der Waals surface area (Å²) in [5.74, 6) is 0.431. The zero-order valence-corrected chi connectivity index (χ0v) is 11.6. The molecule has 0 radical (unpaired) electrons. The predicted octanol–water partition coefficient (Wildman–Crippen LogP) is 3.11. The summed E-state index contributed by atoms with van der Waals surface area (Å²) < 4.78 is 37.9. The van der Waals surface area contributed by atoms with Crippen molar-refractivity contribution in [2.24, 2.45) is 0 Å². The second kappa shape index (κ2) is 6.43. The Kier molecular flexibility index (Phi) is 4.86. The first-order valence-electron chi connectivity index (χ1n) is 6.99. The number of halogens is 3. The predicted molar refractivity (Wildman–Crippen MR) is 72.7 cm³/mol. The average Bonchev–Trinajstić information content (AvgIpc) is 3.20. The third kappa shape index (κ3) is 4.67. The van der Waals surface area contributed by atoms with E-state index in [9.17, 15) is 13.2 Å². The molecule has 1 aliphatic carbocycles. The van der Waals surface area contributed by atoms with Gasteiger partial charge < -0.3 is 10.2 Å². The highest BCUT2D eigenvalue weighted by Gasteiger charge is 2.38. The van der Waals surface area contributed by atoms with Gasteiger partial charge in [0.05, 0.1) is 5.69 Å². The minimum absolute atomic E-state index is 0.0111. The lowest BCUT2D eigenvalue weighted by Gasteiger charge is -2.25. The molecule has 1 aromatic rings. The number of hydrogen-bond donors (Lipinski definition) is 1. The van der Waals surface area contributed by atoms with E-state index in [4.69, 9.17) is 0 Å². The van der Waals surface area contributed by atoms with Crippen molar-refractivity contribution in [3.05, 3.63) is 23.9 Å². The van der Waals surface area contributed by atoms with E-state index in [0.717, 1.165) is 31.5 Å². The standard InChI is InChI=1S/C14H20F3N3/c1-2-8-18-9-11-4-3-5-13(19-11)20(12-6-7-12)10-14(15,16)17/h3-5,12,18H,2,6-10H2,1H3. The topological polar surface area (TPSA) is 28.2 Å². The SMILES string of the molecule is CCCNCc1cccc(N(CC(F)(F)F)C2CC2)n1. The van der Waals surface area contributed by atoms with Crippen LogP contribution in [0.5, 0.6) is 0 Å². The number of hydrogen-bond acceptors (Lipinski definition) is 3. The lowest BCUT2D eigenvalue weighted by molar-refractivity contribution is -0.120. The van der Waals surface area contributed by atoms with Crippen LogP contribution in [0, 0.1) is 0 Å². The molecule has 20 heavy (non-hydrogen) atoms. The molecule has 1 aliphatic rings. The molecule has 1 saturated carbocycles. The van der Waals surface area contributed by atoms with Crippen molar-refractivity contribution in [2.75, 3.05) is 18.0 Å². The molecular formula is C14H20F3N3. The van der Waals surface area contributed by atoms with Gasteiger partial charge in [-0.05, 0) is 37.9 Å². The highest BCUT2D eigenvalue weighted by atomic mass is 19.4. The normalized spacial score (nSPS) is 15.4. The lowest BCUT2D eigenvalue weighted by Crippen LogP contribution is -2.36. The molecule has 0 amide bonds. The Balaban J connectivity index is 2.06. The Labute approximate surface area is 117 Å². The monoisotopic (exact) mass is 287 g/mol.